The third-order valence-electron chi connectivity index (χ3n) is 5.74. The lowest BCUT2D eigenvalue weighted by molar-refractivity contribution is 0.0712. The highest BCUT2D eigenvalue weighted by atomic mass is 16.2. The van der Waals surface area contributed by atoms with E-state index < -0.39 is 0 Å². The smallest absolute Gasteiger partial charge is 0.274 e. The first kappa shape index (κ1) is 20.5. The summed E-state index contributed by atoms with van der Waals surface area (Å²) in [5.41, 5.74) is 10.1. The van der Waals surface area contributed by atoms with E-state index in [-0.39, 0.29) is 17.5 Å². The molecule has 31 heavy (non-hydrogen) atoms. The molecule has 7 heteroatoms. The number of anilines is 2. The summed E-state index contributed by atoms with van der Waals surface area (Å²) in [4.78, 5) is 35.2. The topological polar surface area (TPSA) is 101 Å². The van der Waals surface area contributed by atoms with Gasteiger partial charge >= 0.3 is 0 Å². The second-order valence-corrected chi connectivity index (χ2v) is 7.81. The lowest BCUT2D eigenvalue weighted by Crippen LogP contribution is -2.38. The van der Waals surface area contributed by atoms with Gasteiger partial charge in [0, 0.05) is 36.2 Å². The minimum atomic E-state index is -0.334. The number of nitrogens with two attached hydrogens (primary N) is 1. The summed E-state index contributed by atoms with van der Waals surface area (Å²) in [6, 6.07) is 14.9. The zero-order valence-electron chi connectivity index (χ0n) is 17.4. The van der Waals surface area contributed by atoms with Gasteiger partial charge < -0.3 is 16.0 Å². The van der Waals surface area contributed by atoms with Gasteiger partial charge in [0.1, 0.15) is 12.0 Å². The van der Waals surface area contributed by atoms with Crippen molar-refractivity contribution in [2.75, 3.05) is 24.1 Å². The number of aromatic nitrogens is 2. The molecule has 2 aromatic carbocycles. The fourth-order valence-electron chi connectivity index (χ4n) is 3.87. The van der Waals surface area contributed by atoms with E-state index >= 15 is 0 Å². The Balaban J connectivity index is 1.42. The van der Waals surface area contributed by atoms with Crippen LogP contribution in [0.25, 0.3) is 0 Å². The first-order valence-corrected chi connectivity index (χ1v) is 10.3. The van der Waals surface area contributed by atoms with Crippen LogP contribution in [0.4, 0.5) is 11.4 Å². The molecule has 1 fully saturated rings. The predicted molar refractivity (Wildman–Crippen MR) is 120 cm³/mol. The zero-order chi connectivity index (χ0) is 21.8. The van der Waals surface area contributed by atoms with E-state index in [2.05, 4.69) is 27.4 Å². The molecule has 1 saturated heterocycles. The molecule has 1 aliphatic heterocycles. The van der Waals surface area contributed by atoms with Gasteiger partial charge in [-0.1, -0.05) is 18.2 Å². The maximum atomic E-state index is 13.1. The van der Waals surface area contributed by atoms with Crippen LogP contribution in [-0.4, -0.2) is 39.8 Å². The third kappa shape index (κ3) is 4.71. The Morgan fingerprint density at radius 2 is 1.81 bits per heavy atom. The standard InChI is InChI=1S/C24H25N5O2/c1-16-2-3-19(14-22(16)28-23(30)21-8-11-26-15-27-21)24(31)29-12-9-18(10-13-29)17-4-6-20(25)7-5-17/h2-8,11,14-15,18H,9-10,12-13,25H2,1H3,(H,28,30). The Morgan fingerprint density at radius 1 is 1.06 bits per heavy atom. The van der Waals surface area contributed by atoms with Crippen LogP contribution in [0, 0.1) is 6.92 Å². The Bertz CT molecular complexity index is 1070. The highest BCUT2D eigenvalue weighted by Crippen LogP contribution is 2.29. The molecule has 2 amide bonds. The molecule has 4 rings (SSSR count). The molecule has 0 atom stereocenters. The second kappa shape index (κ2) is 8.95. The van der Waals surface area contributed by atoms with E-state index in [1.165, 1.54) is 18.1 Å². The van der Waals surface area contributed by atoms with Crippen LogP contribution in [0.2, 0.25) is 0 Å². The SMILES string of the molecule is Cc1ccc(C(=O)N2CCC(c3ccc(N)cc3)CC2)cc1NC(=O)c1ccncn1. The van der Waals surface area contributed by atoms with Crippen LogP contribution >= 0.6 is 0 Å². The van der Waals surface area contributed by atoms with Crippen LogP contribution < -0.4 is 11.1 Å². The summed E-state index contributed by atoms with van der Waals surface area (Å²) in [5, 5.41) is 2.85. The number of carbonyl (C=O) groups is 2. The van der Waals surface area contributed by atoms with Crippen molar-refractivity contribution in [1.29, 1.82) is 0 Å². The summed E-state index contributed by atoms with van der Waals surface area (Å²) >= 11 is 0. The molecule has 0 saturated carbocycles. The Hall–Kier alpha value is -3.74. The summed E-state index contributed by atoms with van der Waals surface area (Å²) in [6.07, 6.45) is 4.68. The molecule has 1 aliphatic rings. The monoisotopic (exact) mass is 415 g/mol. The largest absolute Gasteiger partial charge is 0.399 e. The van der Waals surface area contributed by atoms with Crippen molar-refractivity contribution in [2.45, 2.75) is 25.7 Å². The number of aryl methyl sites for hydroxylation is 1. The van der Waals surface area contributed by atoms with Gasteiger partial charge in [0.05, 0.1) is 0 Å². The van der Waals surface area contributed by atoms with E-state index in [4.69, 9.17) is 5.73 Å². The second-order valence-electron chi connectivity index (χ2n) is 7.81. The molecule has 3 N–H and O–H groups in total. The van der Waals surface area contributed by atoms with Crippen LogP contribution in [0.15, 0.2) is 61.1 Å². The molecular weight excluding hydrogens is 390 g/mol. The van der Waals surface area contributed by atoms with Crippen molar-refractivity contribution in [2.24, 2.45) is 0 Å². The average Bonchev–Trinajstić information content (AvgIpc) is 2.81. The highest BCUT2D eigenvalue weighted by Gasteiger charge is 2.25. The van der Waals surface area contributed by atoms with E-state index in [1.54, 1.807) is 12.1 Å². The fraction of sp³-hybridized carbons (Fsp3) is 0.250. The van der Waals surface area contributed by atoms with Gasteiger partial charge in [-0.3, -0.25) is 9.59 Å². The number of nitrogens with one attached hydrogen (secondary N) is 1. The van der Waals surface area contributed by atoms with Crippen molar-refractivity contribution in [3.8, 4) is 0 Å². The minimum Gasteiger partial charge on any atom is -0.399 e. The number of benzene rings is 2. The first-order valence-electron chi connectivity index (χ1n) is 10.3. The van der Waals surface area contributed by atoms with Crippen LogP contribution in [0.1, 0.15) is 50.7 Å². The molecule has 0 radical (unpaired) electrons. The molecule has 0 unspecified atom stereocenters. The molecule has 0 bridgehead atoms. The summed E-state index contributed by atoms with van der Waals surface area (Å²) < 4.78 is 0. The molecule has 0 aliphatic carbocycles. The molecular formula is C24H25N5O2. The molecule has 3 aromatic rings. The maximum Gasteiger partial charge on any atom is 0.274 e. The number of hydrogen-bond donors (Lipinski definition) is 2. The van der Waals surface area contributed by atoms with Crippen LogP contribution in [-0.2, 0) is 0 Å². The number of rotatable bonds is 4. The molecule has 1 aromatic heterocycles. The van der Waals surface area contributed by atoms with Gasteiger partial charge in [-0.05, 0) is 67.1 Å². The summed E-state index contributed by atoms with van der Waals surface area (Å²) in [7, 11) is 0. The zero-order valence-corrected chi connectivity index (χ0v) is 17.4. The number of hydrogen-bond acceptors (Lipinski definition) is 5. The lowest BCUT2D eigenvalue weighted by atomic mass is 9.89. The minimum absolute atomic E-state index is 0.0201. The lowest BCUT2D eigenvalue weighted by Gasteiger charge is -2.32. The average molecular weight is 415 g/mol. The summed E-state index contributed by atoms with van der Waals surface area (Å²) in [5.74, 6) is 0.0816. The Labute approximate surface area is 181 Å². The van der Waals surface area contributed by atoms with Gasteiger partial charge in [-0.15, -0.1) is 0 Å². The molecule has 158 valence electrons. The van der Waals surface area contributed by atoms with Crippen LogP contribution in [0.3, 0.4) is 0 Å². The van der Waals surface area contributed by atoms with Gasteiger partial charge in [0.25, 0.3) is 11.8 Å². The van der Waals surface area contributed by atoms with Crippen LogP contribution in [0.5, 0.6) is 0 Å². The molecule has 7 nitrogen and oxygen atoms in total. The predicted octanol–water partition coefficient (Wildman–Crippen LogP) is 3.64. The number of piperidine rings is 1. The quantitative estimate of drug-likeness (QED) is 0.634. The van der Waals surface area contributed by atoms with Gasteiger partial charge in [0.15, 0.2) is 0 Å². The molecule has 0 spiro atoms. The number of amides is 2. The summed E-state index contributed by atoms with van der Waals surface area (Å²) in [6.45, 7) is 3.29. The molecule has 2 heterocycles. The number of carbonyl (C=O) groups excluding carboxylic acids is 2. The van der Waals surface area contributed by atoms with E-state index in [0.717, 1.165) is 24.1 Å². The van der Waals surface area contributed by atoms with Crippen molar-refractivity contribution < 1.29 is 9.59 Å². The third-order valence-corrected chi connectivity index (χ3v) is 5.74. The number of nitrogen functional groups attached to an aromatic ring is 1. The first-order chi connectivity index (χ1) is 15.0. The normalized spacial score (nSPS) is 14.3. The van der Waals surface area contributed by atoms with Crippen molar-refractivity contribution in [3.63, 3.8) is 0 Å². The Morgan fingerprint density at radius 3 is 2.48 bits per heavy atom. The maximum absolute atomic E-state index is 13.1. The van der Waals surface area contributed by atoms with Crippen molar-refractivity contribution in [1.82, 2.24) is 14.9 Å². The van der Waals surface area contributed by atoms with Crippen molar-refractivity contribution in [3.05, 3.63) is 83.4 Å². The Kier molecular flexibility index (Phi) is 5.93. The van der Waals surface area contributed by atoms with Gasteiger partial charge in [-0.2, -0.15) is 0 Å². The van der Waals surface area contributed by atoms with E-state index in [0.29, 0.717) is 30.3 Å². The van der Waals surface area contributed by atoms with Crippen molar-refractivity contribution >= 4 is 23.2 Å². The van der Waals surface area contributed by atoms with Gasteiger partial charge in [-0.25, -0.2) is 9.97 Å². The highest BCUT2D eigenvalue weighted by molar-refractivity contribution is 6.04. The van der Waals surface area contributed by atoms with Gasteiger partial charge in [0.2, 0.25) is 0 Å². The van der Waals surface area contributed by atoms with E-state index in [9.17, 15) is 9.59 Å². The number of likely N-dealkylation sites (tertiary alicyclic amines) is 1. The fourth-order valence-corrected chi connectivity index (χ4v) is 3.87. The number of nitrogens with zero attached hydrogens (tertiary/aromatic N) is 3. The van der Waals surface area contributed by atoms with E-state index in [1.807, 2.05) is 36.1 Å².